The molecular weight excluding hydrogens is 386 g/mol. The molecule has 1 amide bonds. The van der Waals surface area contributed by atoms with Crippen LogP contribution < -0.4 is 15.2 Å². The fraction of sp³-hybridized carbons (Fsp3) is 0.111. The number of benzene rings is 2. The van der Waals surface area contributed by atoms with E-state index in [0.717, 1.165) is 16.3 Å². The minimum Gasteiger partial charge on any atom is -0.496 e. The molecule has 9 heteroatoms. The van der Waals surface area contributed by atoms with Gasteiger partial charge in [-0.2, -0.15) is 0 Å². The van der Waals surface area contributed by atoms with Crippen molar-refractivity contribution in [3.05, 3.63) is 58.4 Å². The van der Waals surface area contributed by atoms with Gasteiger partial charge in [0.15, 0.2) is 0 Å². The Balaban J connectivity index is 1.93. The number of ether oxygens (including phenoxy) is 1. The van der Waals surface area contributed by atoms with Gasteiger partial charge in [-0.25, -0.2) is 13.4 Å². The first-order valence-corrected chi connectivity index (χ1v) is 10.2. The second-order valence-corrected chi connectivity index (χ2v) is 8.41. The molecule has 1 aromatic heterocycles. The quantitative estimate of drug-likeness (QED) is 0.657. The Labute approximate surface area is 160 Å². The topological polar surface area (TPSA) is 111 Å². The van der Waals surface area contributed by atoms with Crippen LogP contribution in [0.25, 0.3) is 11.3 Å². The molecule has 0 saturated carbocycles. The number of nitrogens with one attached hydrogen (secondary N) is 1. The van der Waals surface area contributed by atoms with E-state index in [9.17, 15) is 13.2 Å². The summed E-state index contributed by atoms with van der Waals surface area (Å²) in [5, 5.41) is 2.83. The van der Waals surface area contributed by atoms with Gasteiger partial charge in [0.05, 0.1) is 28.3 Å². The van der Waals surface area contributed by atoms with E-state index >= 15 is 0 Å². The Kier molecular flexibility index (Phi) is 5.15. The lowest BCUT2D eigenvalue weighted by molar-refractivity contribution is 0.0997. The normalized spacial score (nSPS) is 11.2. The lowest BCUT2D eigenvalue weighted by Gasteiger charge is -2.11. The first kappa shape index (κ1) is 18.9. The second kappa shape index (κ2) is 7.37. The number of nitrogens with zero attached hydrogens (tertiary/aromatic N) is 1. The van der Waals surface area contributed by atoms with Crippen LogP contribution in [0.2, 0.25) is 0 Å². The highest BCUT2D eigenvalue weighted by molar-refractivity contribution is 7.92. The molecule has 0 atom stereocenters. The number of amides is 1. The largest absolute Gasteiger partial charge is 0.496 e. The summed E-state index contributed by atoms with van der Waals surface area (Å²) in [5.74, 6) is -0.563. The number of hydrogen-bond donors (Lipinski definition) is 2. The van der Waals surface area contributed by atoms with E-state index in [0.29, 0.717) is 5.69 Å². The van der Waals surface area contributed by atoms with Crippen LogP contribution >= 0.6 is 11.3 Å². The summed E-state index contributed by atoms with van der Waals surface area (Å²) in [6.45, 7) is 1.90. The van der Waals surface area contributed by atoms with Crippen molar-refractivity contribution in [2.24, 2.45) is 5.73 Å². The maximum atomic E-state index is 12.7. The second-order valence-electron chi connectivity index (χ2n) is 5.66. The maximum Gasteiger partial charge on any atom is 0.261 e. The van der Waals surface area contributed by atoms with Crippen LogP contribution in [0, 0.1) is 6.92 Å². The summed E-state index contributed by atoms with van der Waals surface area (Å²) < 4.78 is 33.0. The van der Waals surface area contributed by atoms with Crippen molar-refractivity contribution in [1.29, 1.82) is 0 Å². The number of primary amides is 1. The highest BCUT2D eigenvalue weighted by Gasteiger charge is 2.19. The van der Waals surface area contributed by atoms with Crippen molar-refractivity contribution >= 4 is 33.0 Å². The monoisotopic (exact) mass is 403 g/mol. The van der Waals surface area contributed by atoms with Crippen molar-refractivity contribution in [2.75, 3.05) is 11.8 Å². The lowest BCUT2D eigenvalue weighted by Crippen LogP contribution is -2.16. The summed E-state index contributed by atoms with van der Waals surface area (Å²) in [6.07, 6.45) is 0. The van der Waals surface area contributed by atoms with Gasteiger partial charge >= 0.3 is 0 Å². The SMILES string of the molecule is COc1ccc(S(=O)(=O)Nc2cccc(-c3csc(C)n3)c2)cc1C(N)=O. The molecule has 27 heavy (non-hydrogen) atoms. The summed E-state index contributed by atoms with van der Waals surface area (Å²) in [7, 11) is -2.54. The fourth-order valence-corrected chi connectivity index (χ4v) is 4.20. The van der Waals surface area contributed by atoms with Crippen LogP contribution in [0.1, 0.15) is 15.4 Å². The van der Waals surface area contributed by atoms with E-state index in [1.807, 2.05) is 18.4 Å². The highest BCUT2D eigenvalue weighted by atomic mass is 32.2. The number of thiazole rings is 1. The van der Waals surface area contributed by atoms with Crippen molar-refractivity contribution in [3.63, 3.8) is 0 Å². The third kappa shape index (κ3) is 4.09. The molecule has 7 nitrogen and oxygen atoms in total. The Morgan fingerprint density at radius 1 is 1.22 bits per heavy atom. The lowest BCUT2D eigenvalue weighted by atomic mass is 10.1. The summed E-state index contributed by atoms with van der Waals surface area (Å²) in [6, 6.07) is 10.9. The zero-order chi connectivity index (χ0) is 19.6. The number of rotatable bonds is 6. The van der Waals surface area contributed by atoms with Gasteiger partial charge in [-0.3, -0.25) is 9.52 Å². The number of aryl methyl sites for hydroxylation is 1. The third-order valence-electron chi connectivity index (χ3n) is 3.78. The molecule has 0 radical (unpaired) electrons. The van der Waals surface area contributed by atoms with Gasteiger partial charge in [-0.05, 0) is 37.3 Å². The molecule has 0 unspecified atom stereocenters. The molecule has 2 aromatic carbocycles. The van der Waals surface area contributed by atoms with Crippen molar-refractivity contribution < 1.29 is 17.9 Å². The minimum absolute atomic E-state index is 0.00734. The first-order chi connectivity index (χ1) is 12.8. The van der Waals surface area contributed by atoms with Gasteiger partial charge in [-0.15, -0.1) is 11.3 Å². The maximum absolute atomic E-state index is 12.7. The smallest absolute Gasteiger partial charge is 0.261 e. The molecule has 0 fully saturated rings. The molecule has 3 N–H and O–H groups in total. The van der Waals surface area contributed by atoms with E-state index in [2.05, 4.69) is 9.71 Å². The van der Waals surface area contributed by atoms with Crippen molar-refractivity contribution in [3.8, 4) is 17.0 Å². The molecule has 3 rings (SSSR count). The van der Waals surface area contributed by atoms with Crippen LogP contribution in [0.4, 0.5) is 5.69 Å². The molecule has 0 aliphatic rings. The summed E-state index contributed by atoms with van der Waals surface area (Å²) in [5.41, 5.74) is 7.25. The van der Waals surface area contributed by atoms with Gasteiger partial charge < -0.3 is 10.5 Å². The van der Waals surface area contributed by atoms with Crippen molar-refractivity contribution in [1.82, 2.24) is 4.98 Å². The van der Waals surface area contributed by atoms with Crippen molar-refractivity contribution in [2.45, 2.75) is 11.8 Å². The van der Waals surface area contributed by atoms with E-state index in [4.69, 9.17) is 10.5 Å². The molecule has 140 valence electrons. The van der Waals surface area contributed by atoms with E-state index in [1.54, 1.807) is 18.2 Å². The number of methoxy groups -OCH3 is 1. The van der Waals surface area contributed by atoms with Crippen LogP contribution in [0.3, 0.4) is 0 Å². The molecule has 0 bridgehead atoms. The van der Waals surface area contributed by atoms with E-state index in [1.165, 1.54) is 36.6 Å². The third-order valence-corrected chi connectivity index (χ3v) is 5.93. The first-order valence-electron chi connectivity index (χ1n) is 7.83. The number of hydrogen-bond acceptors (Lipinski definition) is 6. The highest BCUT2D eigenvalue weighted by Crippen LogP contribution is 2.27. The molecule has 0 aliphatic carbocycles. The average Bonchev–Trinajstić information content (AvgIpc) is 3.07. The summed E-state index contributed by atoms with van der Waals surface area (Å²) >= 11 is 1.52. The molecular formula is C18H17N3O4S2. The van der Waals surface area contributed by atoms with Crippen LogP contribution in [0.5, 0.6) is 5.75 Å². The van der Waals surface area contributed by atoms with Gasteiger partial charge in [-0.1, -0.05) is 12.1 Å². The molecule has 3 aromatic rings. The molecule has 0 spiro atoms. The Hall–Kier alpha value is -2.91. The number of aromatic nitrogens is 1. The number of carbonyl (C=O) groups excluding carboxylic acids is 1. The fourth-order valence-electron chi connectivity index (χ4n) is 2.50. The zero-order valence-electron chi connectivity index (χ0n) is 14.6. The van der Waals surface area contributed by atoms with Crippen LogP contribution in [0.15, 0.2) is 52.7 Å². The summed E-state index contributed by atoms with van der Waals surface area (Å²) in [4.78, 5) is 15.9. The minimum atomic E-state index is -3.92. The Bertz CT molecular complexity index is 1110. The van der Waals surface area contributed by atoms with E-state index in [-0.39, 0.29) is 16.2 Å². The Morgan fingerprint density at radius 3 is 2.63 bits per heavy atom. The number of sulfonamides is 1. The number of nitrogens with two attached hydrogens (primary N) is 1. The van der Waals surface area contributed by atoms with Gasteiger partial charge in [0.25, 0.3) is 15.9 Å². The van der Waals surface area contributed by atoms with Gasteiger partial charge in [0.1, 0.15) is 5.75 Å². The molecule has 1 heterocycles. The molecule has 0 saturated heterocycles. The number of carbonyl (C=O) groups is 1. The Morgan fingerprint density at radius 2 is 2.00 bits per heavy atom. The van der Waals surface area contributed by atoms with Gasteiger partial charge in [0, 0.05) is 16.6 Å². The van der Waals surface area contributed by atoms with Gasteiger partial charge in [0.2, 0.25) is 0 Å². The standard InChI is InChI=1S/C18H17N3O4S2/c1-11-20-16(10-26-11)12-4-3-5-13(8-12)21-27(23,24)14-6-7-17(25-2)15(9-14)18(19)22/h3-10,21H,1-2H3,(H2,19,22). The zero-order valence-corrected chi connectivity index (χ0v) is 16.2. The predicted molar refractivity (Wildman–Crippen MR) is 105 cm³/mol. The average molecular weight is 403 g/mol. The van der Waals surface area contributed by atoms with E-state index < -0.39 is 15.9 Å². The molecule has 0 aliphatic heterocycles. The van der Waals surface area contributed by atoms with Crippen LogP contribution in [-0.4, -0.2) is 26.4 Å². The number of anilines is 1. The predicted octanol–water partition coefficient (Wildman–Crippen LogP) is 3.03. The van der Waals surface area contributed by atoms with Crippen LogP contribution in [-0.2, 0) is 10.0 Å².